The van der Waals surface area contributed by atoms with Gasteiger partial charge in [0.05, 0.1) is 24.7 Å². The molecule has 0 bridgehead atoms. The van der Waals surface area contributed by atoms with Gasteiger partial charge in [-0.25, -0.2) is 0 Å². The summed E-state index contributed by atoms with van der Waals surface area (Å²) in [6, 6.07) is 10.4. The van der Waals surface area contributed by atoms with Crippen LogP contribution in [0.15, 0.2) is 28.7 Å². The highest BCUT2D eigenvalue weighted by Crippen LogP contribution is 2.35. The number of nitrogens with zero attached hydrogens (tertiary/aromatic N) is 1. The summed E-state index contributed by atoms with van der Waals surface area (Å²) < 4.78 is 6.28. The van der Waals surface area contributed by atoms with E-state index in [1.54, 1.807) is 0 Å². The van der Waals surface area contributed by atoms with Crippen LogP contribution in [0.2, 0.25) is 0 Å². The second-order valence-corrected chi connectivity index (χ2v) is 4.53. The van der Waals surface area contributed by atoms with Crippen molar-refractivity contribution in [3.8, 4) is 6.07 Å². The quantitative estimate of drug-likeness (QED) is 0.810. The number of halogens is 1. The summed E-state index contributed by atoms with van der Waals surface area (Å²) in [5.74, 6) is 0. The third-order valence-corrected chi connectivity index (χ3v) is 3.16. The van der Waals surface area contributed by atoms with E-state index >= 15 is 0 Å². The first-order chi connectivity index (χ1) is 6.77. The summed E-state index contributed by atoms with van der Waals surface area (Å²) in [7, 11) is 0. The maximum absolute atomic E-state index is 8.77. The largest absolute Gasteiger partial charge is 0.379 e. The molecule has 3 heteroatoms. The van der Waals surface area contributed by atoms with Gasteiger partial charge in [-0.1, -0.05) is 28.1 Å². The molecule has 1 saturated heterocycles. The molecule has 1 aromatic carbocycles. The Morgan fingerprint density at radius 2 is 2.00 bits per heavy atom. The lowest BCUT2D eigenvalue weighted by Crippen LogP contribution is -2.46. The number of rotatable bonds is 2. The van der Waals surface area contributed by atoms with Crippen molar-refractivity contribution < 1.29 is 4.74 Å². The van der Waals surface area contributed by atoms with Crippen molar-refractivity contribution in [2.45, 2.75) is 11.8 Å². The van der Waals surface area contributed by atoms with Crippen LogP contribution >= 0.6 is 15.9 Å². The highest BCUT2D eigenvalue weighted by molar-refractivity contribution is 9.10. The van der Waals surface area contributed by atoms with Crippen LogP contribution in [0.1, 0.15) is 12.0 Å². The zero-order valence-electron chi connectivity index (χ0n) is 7.66. The molecular formula is C11H10BrNO. The van der Waals surface area contributed by atoms with Gasteiger partial charge in [-0.2, -0.15) is 5.26 Å². The Kier molecular flexibility index (Phi) is 2.58. The van der Waals surface area contributed by atoms with E-state index in [1.807, 2.05) is 12.1 Å². The Morgan fingerprint density at radius 1 is 1.36 bits per heavy atom. The topological polar surface area (TPSA) is 33.0 Å². The molecule has 1 aliphatic heterocycles. The van der Waals surface area contributed by atoms with E-state index in [2.05, 4.69) is 34.1 Å². The Balaban J connectivity index is 2.28. The molecule has 1 aliphatic rings. The van der Waals surface area contributed by atoms with Crippen LogP contribution in [-0.4, -0.2) is 13.2 Å². The van der Waals surface area contributed by atoms with Gasteiger partial charge in [0.25, 0.3) is 0 Å². The van der Waals surface area contributed by atoms with Crippen molar-refractivity contribution >= 4 is 15.9 Å². The average Bonchev–Trinajstić information content (AvgIpc) is 2.13. The van der Waals surface area contributed by atoms with Gasteiger partial charge >= 0.3 is 0 Å². The van der Waals surface area contributed by atoms with E-state index < -0.39 is 0 Å². The first kappa shape index (κ1) is 9.70. The van der Waals surface area contributed by atoms with Crippen LogP contribution in [0.25, 0.3) is 0 Å². The van der Waals surface area contributed by atoms with E-state index in [0.717, 1.165) is 4.47 Å². The predicted molar refractivity (Wildman–Crippen MR) is 56.9 cm³/mol. The van der Waals surface area contributed by atoms with Crippen LogP contribution in [0.3, 0.4) is 0 Å². The number of hydrogen-bond acceptors (Lipinski definition) is 2. The maximum Gasteiger partial charge on any atom is 0.0632 e. The number of nitriles is 1. The van der Waals surface area contributed by atoms with Gasteiger partial charge < -0.3 is 4.74 Å². The van der Waals surface area contributed by atoms with E-state index in [9.17, 15) is 0 Å². The van der Waals surface area contributed by atoms with Gasteiger partial charge in [-0.15, -0.1) is 0 Å². The zero-order valence-corrected chi connectivity index (χ0v) is 9.25. The number of ether oxygens (including phenoxy) is 1. The molecule has 0 spiro atoms. The molecule has 0 aromatic heterocycles. The van der Waals surface area contributed by atoms with Gasteiger partial charge in [0.1, 0.15) is 0 Å². The molecule has 0 aliphatic carbocycles. The smallest absolute Gasteiger partial charge is 0.0632 e. The van der Waals surface area contributed by atoms with Crippen molar-refractivity contribution in [3.05, 3.63) is 34.3 Å². The summed E-state index contributed by atoms with van der Waals surface area (Å²) in [5, 5.41) is 8.77. The molecule has 0 amide bonds. The van der Waals surface area contributed by atoms with E-state index in [0.29, 0.717) is 19.6 Å². The van der Waals surface area contributed by atoms with Crippen LogP contribution < -0.4 is 0 Å². The third-order valence-electron chi connectivity index (χ3n) is 2.63. The van der Waals surface area contributed by atoms with E-state index in [1.165, 1.54) is 5.56 Å². The molecule has 0 N–H and O–H groups in total. The number of benzene rings is 1. The summed E-state index contributed by atoms with van der Waals surface area (Å²) in [6.45, 7) is 1.34. The van der Waals surface area contributed by atoms with Crippen molar-refractivity contribution in [3.63, 3.8) is 0 Å². The first-order valence-electron chi connectivity index (χ1n) is 4.48. The Morgan fingerprint density at radius 3 is 2.43 bits per heavy atom. The highest BCUT2D eigenvalue weighted by Gasteiger charge is 2.40. The van der Waals surface area contributed by atoms with Gasteiger partial charge in [0.15, 0.2) is 0 Å². The summed E-state index contributed by atoms with van der Waals surface area (Å²) >= 11 is 3.39. The fraction of sp³-hybridized carbons (Fsp3) is 0.364. The normalized spacial score (nSPS) is 18.3. The van der Waals surface area contributed by atoms with Gasteiger partial charge in [-0.3, -0.25) is 0 Å². The fourth-order valence-electron chi connectivity index (χ4n) is 1.67. The highest BCUT2D eigenvalue weighted by atomic mass is 79.9. The Bertz CT molecular complexity index is 362. The van der Waals surface area contributed by atoms with Crippen molar-refractivity contribution in [1.29, 1.82) is 5.26 Å². The molecule has 72 valence electrons. The Labute approximate surface area is 91.6 Å². The molecule has 0 unspecified atom stereocenters. The molecule has 2 nitrogen and oxygen atoms in total. The van der Waals surface area contributed by atoms with E-state index in [4.69, 9.17) is 10.00 Å². The molecule has 0 radical (unpaired) electrons. The van der Waals surface area contributed by atoms with Crippen molar-refractivity contribution in [2.24, 2.45) is 0 Å². The molecule has 2 rings (SSSR count). The minimum absolute atomic E-state index is 0.0462. The molecule has 14 heavy (non-hydrogen) atoms. The predicted octanol–water partition coefficient (Wildman–Crippen LogP) is 2.63. The minimum Gasteiger partial charge on any atom is -0.379 e. The molecule has 0 saturated carbocycles. The van der Waals surface area contributed by atoms with Crippen LogP contribution in [-0.2, 0) is 10.2 Å². The average molecular weight is 252 g/mol. The van der Waals surface area contributed by atoms with Gasteiger partial charge in [0, 0.05) is 10.9 Å². The molecule has 1 aromatic rings. The lowest BCUT2D eigenvalue weighted by Gasteiger charge is -2.40. The van der Waals surface area contributed by atoms with Gasteiger partial charge in [-0.05, 0) is 17.7 Å². The second-order valence-electron chi connectivity index (χ2n) is 3.61. The molecule has 1 heterocycles. The van der Waals surface area contributed by atoms with Crippen LogP contribution in [0, 0.1) is 11.3 Å². The van der Waals surface area contributed by atoms with Crippen molar-refractivity contribution in [2.75, 3.05) is 13.2 Å². The van der Waals surface area contributed by atoms with Gasteiger partial charge in [0.2, 0.25) is 0 Å². The van der Waals surface area contributed by atoms with E-state index in [-0.39, 0.29) is 5.41 Å². The lowest BCUT2D eigenvalue weighted by molar-refractivity contribution is -0.0577. The minimum atomic E-state index is -0.0462. The first-order valence-corrected chi connectivity index (χ1v) is 5.27. The molecule has 0 atom stereocenters. The van der Waals surface area contributed by atoms with Crippen LogP contribution in [0.4, 0.5) is 0 Å². The SMILES string of the molecule is N#CCC1(c2ccc(Br)cc2)COC1. The lowest BCUT2D eigenvalue weighted by atomic mass is 9.76. The standard InChI is InChI=1S/C11H10BrNO/c12-10-3-1-9(2-4-10)11(5-6-13)7-14-8-11/h1-4H,5,7-8H2. The van der Waals surface area contributed by atoms with Crippen molar-refractivity contribution in [1.82, 2.24) is 0 Å². The van der Waals surface area contributed by atoms with Crippen LogP contribution in [0.5, 0.6) is 0 Å². The number of hydrogen-bond donors (Lipinski definition) is 0. The monoisotopic (exact) mass is 251 g/mol. The molecule has 1 fully saturated rings. The second kappa shape index (κ2) is 3.72. The fourth-order valence-corrected chi connectivity index (χ4v) is 1.94. The Hall–Kier alpha value is -0.850. The summed E-state index contributed by atoms with van der Waals surface area (Å²) in [4.78, 5) is 0. The summed E-state index contributed by atoms with van der Waals surface area (Å²) in [6.07, 6.45) is 0.536. The maximum atomic E-state index is 8.77. The zero-order chi connectivity index (χ0) is 10.0. The third kappa shape index (κ3) is 1.56. The molecular weight excluding hydrogens is 242 g/mol. The summed E-state index contributed by atoms with van der Waals surface area (Å²) in [5.41, 5.74) is 1.16.